The molecule has 0 radical (unpaired) electrons. The number of carbonyl (C=O) groups excluding carboxylic acids is 1. The summed E-state index contributed by atoms with van der Waals surface area (Å²) in [7, 11) is 1.88. The van der Waals surface area contributed by atoms with Crippen LogP contribution in [0.2, 0.25) is 0 Å². The van der Waals surface area contributed by atoms with Crippen molar-refractivity contribution >= 4 is 5.78 Å². The molecule has 0 unspecified atom stereocenters. The highest BCUT2D eigenvalue weighted by Crippen LogP contribution is 2.13. The average Bonchev–Trinajstić information content (AvgIpc) is 2.75. The average molecular weight is 246 g/mol. The van der Waals surface area contributed by atoms with Crippen LogP contribution in [0.25, 0.3) is 0 Å². The van der Waals surface area contributed by atoms with Crippen molar-refractivity contribution in [1.29, 1.82) is 0 Å². The highest BCUT2D eigenvalue weighted by Gasteiger charge is 2.12. The molecular weight excluding hydrogens is 231 g/mol. The van der Waals surface area contributed by atoms with Crippen LogP contribution in [0.3, 0.4) is 0 Å². The van der Waals surface area contributed by atoms with Crippen LogP contribution in [0.4, 0.5) is 4.39 Å². The maximum absolute atomic E-state index is 13.5. The highest BCUT2D eigenvalue weighted by atomic mass is 19.1. The second-order valence-electron chi connectivity index (χ2n) is 4.36. The molecule has 0 bridgehead atoms. The largest absolute Gasteiger partial charge is 0.338 e. The molecule has 4 heteroatoms. The third kappa shape index (κ3) is 2.64. The fraction of sp³-hybridized carbons (Fsp3) is 0.286. The molecule has 2 aromatic rings. The van der Waals surface area contributed by atoms with Crippen molar-refractivity contribution in [3.63, 3.8) is 0 Å². The van der Waals surface area contributed by atoms with E-state index in [1.165, 1.54) is 6.07 Å². The monoisotopic (exact) mass is 246 g/mol. The van der Waals surface area contributed by atoms with Crippen molar-refractivity contribution in [2.45, 2.75) is 19.8 Å². The van der Waals surface area contributed by atoms with E-state index in [2.05, 4.69) is 4.98 Å². The fourth-order valence-electron chi connectivity index (χ4n) is 1.85. The molecule has 0 fully saturated rings. The standard InChI is InChI=1S/C14H15FN2O/c1-10-3-4-12(15)11(9-10)13(18)5-6-14-16-7-8-17(14)2/h3-4,7-9H,5-6H2,1-2H3. The minimum absolute atomic E-state index is 0.171. The first-order chi connectivity index (χ1) is 8.58. The van der Waals surface area contributed by atoms with E-state index in [0.29, 0.717) is 6.42 Å². The molecule has 18 heavy (non-hydrogen) atoms. The summed E-state index contributed by atoms with van der Waals surface area (Å²) in [6.07, 6.45) is 4.31. The van der Waals surface area contributed by atoms with Gasteiger partial charge >= 0.3 is 0 Å². The predicted molar refractivity (Wildman–Crippen MR) is 67.0 cm³/mol. The Morgan fingerprint density at radius 3 is 2.89 bits per heavy atom. The SMILES string of the molecule is Cc1ccc(F)c(C(=O)CCc2nccn2C)c1. The Bertz CT molecular complexity index is 575. The van der Waals surface area contributed by atoms with Gasteiger partial charge in [-0.15, -0.1) is 0 Å². The van der Waals surface area contributed by atoms with Crippen molar-refractivity contribution in [2.75, 3.05) is 0 Å². The maximum Gasteiger partial charge on any atom is 0.166 e. The molecule has 0 atom stereocenters. The Hall–Kier alpha value is -1.97. The first-order valence-electron chi connectivity index (χ1n) is 5.83. The number of imidazole rings is 1. The zero-order valence-corrected chi connectivity index (χ0v) is 10.5. The highest BCUT2D eigenvalue weighted by molar-refractivity contribution is 5.96. The van der Waals surface area contributed by atoms with E-state index in [-0.39, 0.29) is 17.8 Å². The van der Waals surface area contributed by atoms with Gasteiger partial charge in [-0.25, -0.2) is 9.37 Å². The van der Waals surface area contributed by atoms with Crippen molar-refractivity contribution in [3.05, 3.63) is 53.4 Å². The van der Waals surface area contributed by atoms with Crippen LogP contribution >= 0.6 is 0 Å². The Balaban J connectivity index is 2.08. The fourth-order valence-corrected chi connectivity index (χ4v) is 1.85. The minimum Gasteiger partial charge on any atom is -0.338 e. The number of benzene rings is 1. The molecule has 94 valence electrons. The van der Waals surface area contributed by atoms with Gasteiger partial charge in [-0.1, -0.05) is 11.6 Å². The molecule has 0 aliphatic heterocycles. The van der Waals surface area contributed by atoms with E-state index >= 15 is 0 Å². The van der Waals surface area contributed by atoms with Gasteiger partial charge in [0.05, 0.1) is 5.56 Å². The molecule has 0 aliphatic carbocycles. The number of carbonyl (C=O) groups is 1. The Labute approximate surface area is 105 Å². The third-order valence-electron chi connectivity index (χ3n) is 2.92. The summed E-state index contributed by atoms with van der Waals surface area (Å²) in [6, 6.07) is 4.59. The van der Waals surface area contributed by atoms with Crippen LogP contribution in [-0.4, -0.2) is 15.3 Å². The molecule has 1 heterocycles. The van der Waals surface area contributed by atoms with Gasteiger partial charge in [-0.2, -0.15) is 0 Å². The van der Waals surface area contributed by atoms with Gasteiger partial charge in [-0.05, 0) is 19.1 Å². The van der Waals surface area contributed by atoms with Crippen molar-refractivity contribution in [2.24, 2.45) is 7.05 Å². The quantitative estimate of drug-likeness (QED) is 0.777. The molecule has 0 amide bonds. The Morgan fingerprint density at radius 2 is 2.22 bits per heavy atom. The number of aryl methyl sites for hydroxylation is 3. The third-order valence-corrected chi connectivity index (χ3v) is 2.92. The Morgan fingerprint density at radius 1 is 1.44 bits per heavy atom. The normalized spacial score (nSPS) is 10.6. The van der Waals surface area contributed by atoms with Crippen LogP contribution in [0.1, 0.15) is 28.2 Å². The molecule has 2 rings (SSSR count). The zero-order chi connectivity index (χ0) is 13.1. The van der Waals surface area contributed by atoms with Gasteiger partial charge < -0.3 is 4.57 Å². The summed E-state index contributed by atoms with van der Waals surface area (Å²) >= 11 is 0. The smallest absolute Gasteiger partial charge is 0.166 e. The van der Waals surface area contributed by atoms with Crippen LogP contribution in [0.15, 0.2) is 30.6 Å². The summed E-state index contributed by atoms with van der Waals surface area (Å²) in [6.45, 7) is 1.84. The van der Waals surface area contributed by atoms with E-state index in [1.54, 1.807) is 18.3 Å². The van der Waals surface area contributed by atoms with Crippen LogP contribution in [-0.2, 0) is 13.5 Å². The summed E-state index contributed by atoms with van der Waals surface area (Å²) in [4.78, 5) is 16.1. The molecule has 0 saturated carbocycles. The summed E-state index contributed by atoms with van der Waals surface area (Å²) < 4.78 is 15.4. The lowest BCUT2D eigenvalue weighted by molar-refractivity contribution is 0.0978. The van der Waals surface area contributed by atoms with Crippen LogP contribution in [0, 0.1) is 12.7 Å². The van der Waals surface area contributed by atoms with Crippen molar-refractivity contribution < 1.29 is 9.18 Å². The molecule has 1 aromatic carbocycles. The topological polar surface area (TPSA) is 34.9 Å². The molecular formula is C14H15FN2O. The maximum atomic E-state index is 13.5. The van der Waals surface area contributed by atoms with Gasteiger partial charge in [0.2, 0.25) is 0 Å². The van der Waals surface area contributed by atoms with Gasteiger partial charge in [0.15, 0.2) is 5.78 Å². The molecule has 1 aromatic heterocycles. The molecule has 0 saturated heterocycles. The van der Waals surface area contributed by atoms with Gasteiger partial charge in [-0.3, -0.25) is 4.79 Å². The number of ketones is 1. The first kappa shape index (κ1) is 12.5. The molecule has 0 N–H and O–H groups in total. The van der Waals surface area contributed by atoms with Gasteiger partial charge in [0.25, 0.3) is 0 Å². The van der Waals surface area contributed by atoms with Crippen LogP contribution in [0.5, 0.6) is 0 Å². The predicted octanol–water partition coefficient (Wildman–Crippen LogP) is 2.68. The number of rotatable bonds is 4. The van der Waals surface area contributed by atoms with Gasteiger partial charge in [0, 0.05) is 32.3 Å². The van der Waals surface area contributed by atoms with E-state index in [4.69, 9.17) is 0 Å². The summed E-state index contributed by atoms with van der Waals surface area (Å²) in [5.74, 6) is 0.195. The second kappa shape index (κ2) is 5.12. The van der Waals surface area contributed by atoms with Crippen molar-refractivity contribution in [1.82, 2.24) is 9.55 Å². The van der Waals surface area contributed by atoms with E-state index in [0.717, 1.165) is 11.4 Å². The number of Topliss-reactive ketones (excluding diaryl/α,β-unsaturated/α-hetero) is 1. The molecule has 3 nitrogen and oxygen atoms in total. The number of aromatic nitrogens is 2. The minimum atomic E-state index is -0.453. The lowest BCUT2D eigenvalue weighted by Crippen LogP contribution is -2.07. The lowest BCUT2D eigenvalue weighted by Gasteiger charge is -2.04. The molecule has 0 aliphatic rings. The number of hydrogen-bond donors (Lipinski definition) is 0. The number of halogens is 1. The van der Waals surface area contributed by atoms with E-state index < -0.39 is 5.82 Å². The zero-order valence-electron chi connectivity index (χ0n) is 10.5. The van der Waals surface area contributed by atoms with E-state index in [9.17, 15) is 9.18 Å². The first-order valence-corrected chi connectivity index (χ1v) is 5.83. The second-order valence-corrected chi connectivity index (χ2v) is 4.36. The number of nitrogens with zero attached hydrogens (tertiary/aromatic N) is 2. The van der Waals surface area contributed by atoms with E-state index in [1.807, 2.05) is 24.7 Å². The lowest BCUT2D eigenvalue weighted by atomic mass is 10.0. The van der Waals surface area contributed by atoms with Crippen LogP contribution < -0.4 is 0 Å². The Kier molecular flexibility index (Phi) is 3.55. The number of hydrogen-bond acceptors (Lipinski definition) is 2. The summed E-state index contributed by atoms with van der Waals surface area (Å²) in [5.41, 5.74) is 1.06. The van der Waals surface area contributed by atoms with Crippen molar-refractivity contribution in [3.8, 4) is 0 Å². The summed E-state index contributed by atoms with van der Waals surface area (Å²) in [5, 5.41) is 0. The van der Waals surface area contributed by atoms with Gasteiger partial charge in [0.1, 0.15) is 11.6 Å². The molecule has 0 spiro atoms.